The van der Waals surface area contributed by atoms with Crippen molar-refractivity contribution in [1.82, 2.24) is 14.3 Å². The highest BCUT2D eigenvalue weighted by molar-refractivity contribution is 7.89. The molecule has 0 spiro atoms. The van der Waals surface area contributed by atoms with Crippen molar-refractivity contribution in [1.29, 1.82) is 0 Å². The lowest BCUT2D eigenvalue weighted by molar-refractivity contribution is 0.377. The molecule has 2 aliphatic heterocycles. The fourth-order valence-corrected chi connectivity index (χ4v) is 5.31. The lowest BCUT2D eigenvalue weighted by Crippen LogP contribution is -2.49. The van der Waals surface area contributed by atoms with E-state index in [1.807, 2.05) is 4.90 Å². The highest BCUT2D eigenvalue weighted by Crippen LogP contribution is 2.25. The molecule has 2 fully saturated rings. The average molecular weight is 423 g/mol. The zero-order chi connectivity index (χ0) is 20.4. The third-order valence-electron chi connectivity index (χ3n) is 5.35. The van der Waals surface area contributed by atoms with E-state index in [0.717, 1.165) is 54.3 Å². The number of piperazine rings is 1. The average Bonchev–Trinajstić information content (AvgIpc) is 2.74. The molecule has 3 heterocycles. The van der Waals surface area contributed by atoms with E-state index in [0.29, 0.717) is 19.0 Å². The van der Waals surface area contributed by atoms with Crippen molar-refractivity contribution >= 4 is 21.8 Å². The quantitative estimate of drug-likeness (QED) is 0.752. The Morgan fingerprint density at radius 2 is 1.48 bits per heavy atom. The normalized spacial score (nSPS) is 18.8. The van der Waals surface area contributed by atoms with Gasteiger partial charge in [-0.2, -0.15) is 9.29 Å². The van der Waals surface area contributed by atoms with Gasteiger partial charge in [-0.15, -0.1) is 0 Å². The van der Waals surface area contributed by atoms with E-state index in [9.17, 15) is 17.2 Å². The monoisotopic (exact) mass is 423 g/mol. The van der Waals surface area contributed by atoms with Gasteiger partial charge in [-0.3, -0.25) is 0 Å². The van der Waals surface area contributed by atoms with Gasteiger partial charge in [-0.25, -0.2) is 22.2 Å². The van der Waals surface area contributed by atoms with Crippen LogP contribution < -0.4 is 9.80 Å². The van der Waals surface area contributed by atoms with Crippen LogP contribution in [0.5, 0.6) is 0 Å². The van der Waals surface area contributed by atoms with Crippen LogP contribution in [0.3, 0.4) is 0 Å². The molecule has 2 aliphatic rings. The fraction of sp³-hybridized carbons (Fsp3) is 0.474. The second-order valence-corrected chi connectivity index (χ2v) is 9.08. The van der Waals surface area contributed by atoms with Crippen LogP contribution in [0.1, 0.15) is 19.3 Å². The maximum atomic E-state index is 14.0. The van der Waals surface area contributed by atoms with E-state index < -0.39 is 26.6 Å². The Kier molecular flexibility index (Phi) is 5.64. The van der Waals surface area contributed by atoms with Crippen molar-refractivity contribution in [3.63, 3.8) is 0 Å². The highest BCUT2D eigenvalue weighted by Gasteiger charge is 2.33. The molecule has 29 heavy (non-hydrogen) atoms. The van der Waals surface area contributed by atoms with Crippen molar-refractivity contribution in [2.45, 2.75) is 24.2 Å². The van der Waals surface area contributed by atoms with Crippen LogP contribution in [0.25, 0.3) is 0 Å². The highest BCUT2D eigenvalue weighted by atomic mass is 32.2. The molecule has 1 aromatic carbocycles. The molecule has 0 amide bonds. The summed E-state index contributed by atoms with van der Waals surface area (Å²) in [4.78, 5) is 12.3. The number of aromatic nitrogens is 2. The Balaban J connectivity index is 1.47. The topological polar surface area (TPSA) is 69.6 Å². The van der Waals surface area contributed by atoms with Gasteiger partial charge in [0.1, 0.15) is 17.5 Å². The van der Waals surface area contributed by atoms with Gasteiger partial charge in [0.25, 0.3) is 0 Å². The van der Waals surface area contributed by atoms with Crippen LogP contribution in [0.15, 0.2) is 35.4 Å². The van der Waals surface area contributed by atoms with Crippen LogP contribution in [0, 0.1) is 11.6 Å². The van der Waals surface area contributed by atoms with Crippen LogP contribution >= 0.6 is 0 Å². The molecule has 0 bridgehead atoms. The van der Waals surface area contributed by atoms with Crippen molar-refractivity contribution < 1.29 is 17.2 Å². The molecule has 0 N–H and O–H groups in total. The summed E-state index contributed by atoms with van der Waals surface area (Å²) in [6, 6.07) is 4.86. The zero-order valence-corrected chi connectivity index (χ0v) is 16.8. The van der Waals surface area contributed by atoms with Gasteiger partial charge in [0.05, 0.1) is 0 Å². The first-order valence-corrected chi connectivity index (χ1v) is 11.2. The molecule has 156 valence electrons. The third-order valence-corrected chi connectivity index (χ3v) is 7.30. The summed E-state index contributed by atoms with van der Waals surface area (Å²) in [7, 11) is -4.24. The minimum absolute atomic E-state index is 0.124. The number of benzene rings is 1. The maximum Gasteiger partial charge on any atom is 0.249 e. The molecule has 7 nitrogen and oxygen atoms in total. The molecule has 0 radical (unpaired) electrons. The molecule has 1 aromatic heterocycles. The first-order chi connectivity index (χ1) is 14.0. The first-order valence-electron chi connectivity index (χ1n) is 9.74. The van der Waals surface area contributed by atoms with E-state index in [1.165, 1.54) is 6.42 Å². The zero-order valence-electron chi connectivity index (χ0n) is 16.0. The van der Waals surface area contributed by atoms with Crippen molar-refractivity contribution in [3.8, 4) is 0 Å². The van der Waals surface area contributed by atoms with E-state index in [1.54, 1.807) is 12.3 Å². The van der Waals surface area contributed by atoms with Crippen LogP contribution in [-0.2, 0) is 10.0 Å². The molecule has 2 saturated heterocycles. The maximum absolute atomic E-state index is 14.0. The summed E-state index contributed by atoms with van der Waals surface area (Å²) in [6.07, 6.45) is 5.17. The summed E-state index contributed by atoms with van der Waals surface area (Å²) >= 11 is 0. The second-order valence-electron chi connectivity index (χ2n) is 7.20. The fourth-order valence-electron chi connectivity index (χ4n) is 3.78. The summed E-state index contributed by atoms with van der Waals surface area (Å²) in [5.41, 5.74) is 0. The number of anilines is 2. The van der Waals surface area contributed by atoms with Gasteiger partial charge < -0.3 is 9.80 Å². The largest absolute Gasteiger partial charge is 0.354 e. The van der Waals surface area contributed by atoms with Gasteiger partial charge in [-0.1, -0.05) is 6.07 Å². The van der Waals surface area contributed by atoms with Gasteiger partial charge in [0, 0.05) is 45.5 Å². The van der Waals surface area contributed by atoms with Crippen molar-refractivity contribution in [2.24, 2.45) is 0 Å². The summed E-state index contributed by atoms with van der Waals surface area (Å²) in [5, 5.41) is 0. The number of halogens is 2. The molecule has 10 heteroatoms. The summed E-state index contributed by atoms with van der Waals surface area (Å²) < 4.78 is 54.6. The predicted molar refractivity (Wildman–Crippen MR) is 105 cm³/mol. The summed E-state index contributed by atoms with van der Waals surface area (Å²) in [5.74, 6) is -0.732. The van der Waals surface area contributed by atoms with Crippen molar-refractivity contribution in [3.05, 3.63) is 42.1 Å². The van der Waals surface area contributed by atoms with Gasteiger partial charge in [-0.05, 0) is 37.5 Å². The second kappa shape index (κ2) is 8.19. The van der Waals surface area contributed by atoms with E-state index in [-0.39, 0.29) is 13.1 Å². The molecule has 0 saturated carbocycles. The minimum Gasteiger partial charge on any atom is -0.354 e. The molecule has 4 rings (SSSR count). The molecule has 0 aliphatic carbocycles. The molecular formula is C19H23F2N5O2S. The Labute approximate surface area is 169 Å². The number of sulfonamides is 1. The molecule has 0 unspecified atom stereocenters. The SMILES string of the molecule is O=S(=O)(c1c(F)cccc1F)N1CCN(c2ccnc(N3CCCCC3)n2)CC1. The Bertz CT molecular complexity index is 954. The van der Waals surface area contributed by atoms with Gasteiger partial charge >= 0.3 is 0 Å². The van der Waals surface area contributed by atoms with E-state index >= 15 is 0 Å². The van der Waals surface area contributed by atoms with Gasteiger partial charge in [0.15, 0.2) is 4.90 Å². The van der Waals surface area contributed by atoms with Crippen LogP contribution in [0.2, 0.25) is 0 Å². The van der Waals surface area contributed by atoms with E-state index in [4.69, 9.17) is 0 Å². The van der Waals surface area contributed by atoms with Crippen LogP contribution in [0.4, 0.5) is 20.5 Å². The number of nitrogens with zero attached hydrogens (tertiary/aromatic N) is 5. The van der Waals surface area contributed by atoms with Gasteiger partial charge in [0.2, 0.25) is 16.0 Å². The predicted octanol–water partition coefficient (Wildman–Crippen LogP) is 2.26. The first kappa shape index (κ1) is 20.0. The number of piperidine rings is 1. The van der Waals surface area contributed by atoms with Crippen molar-refractivity contribution in [2.75, 3.05) is 49.1 Å². The van der Waals surface area contributed by atoms with Crippen LogP contribution in [-0.4, -0.2) is 62.0 Å². The Hall–Kier alpha value is -2.33. The third kappa shape index (κ3) is 4.04. The number of hydrogen-bond donors (Lipinski definition) is 0. The number of rotatable bonds is 4. The Morgan fingerprint density at radius 3 is 2.14 bits per heavy atom. The Morgan fingerprint density at radius 1 is 0.828 bits per heavy atom. The molecule has 0 atom stereocenters. The standard InChI is InChI=1S/C19H23F2N5O2S/c20-15-5-4-6-16(21)18(15)29(27,28)26-13-11-24(12-14-26)17-7-8-22-19(23-17)25-9-2-1-3-10-25/h4-8H,1-3,9-14H2. The molecular weight excluding hydrogens is 400 g/mol. The smallest absolute Gasteiger partial charge is 0.249 e. The van der Waals surface area contributed by atoms with E-state index in [2.05, 4.69) is 14.9 Å². The lowest BCUT2D eigenvalue weighted by atomic mass is 10.1. The summed E-state index contributed by atoms with van der Waals surface area (Å²) in [6.45, 7) is 2.88. The number of hydrogen-bond acceptors (Lipinski definition) is 6. The minimum atomic E-state index is -4.24. The lowest BCUT2D eigenvalue weighted by Gasteiger charge is -2.35. The molecule has 2 aromatic rings.